The highest BCUT2D eigenvalue weighted by Gasteiger charge is 2.23. The van der Waals surface area contributed by atoms with Gasteiger partial charge in [-0.05, 0) is 96.9 Å². The van der Waals surface area contributed by atoms with E-state index in [2.05, 4.69) is 229 Å². The lowest BCUT2D eigenvalue weighted by Crippen LogP contribution is -2.11. The fourth-order valence-electron chi connectivity index (χ4n) is 8.84. The van der Waals surface area contributed by atoms with Crippen molar-refractivity contribution in [1.29, 1.82) is 0 Å². The van der Waals surface area contributed by atoms with E-state index in [-0.39, 0.29) is 0 Å². The number of rotatable bonds is 7. The zero-order valence-corrected chi connectivity index (χ0v) is 32.5. The van der Waals surface area contributed by atoms with Crippen LogP contribution >= 0.6 is 11.3 Å². The van der Waals surface area contributed by atoms with Crippen molar-refractivity contribution in [2.45, 2.75) is 0 Å². The molecule has 272 valence electrons. The molecule has 0 saturated carbocycles. The van der Waals surface area contributed by atoms with E-state index >= 15 is 0 Å². The Morgan fingerprint density at radius 3 is 1.59 bits per heavy atom. The molecule has 1 nitrogen and oxygen atoms in total. The minimum Gasteiger partial charge on any atom is -0.308 e. The molecule has 10 aromatic carbocycles. The first-order valence-corrected chi connectivity index (χ1v) is 20.7. The van der Waals surface area contributed by atoms with Crippen LogP contribution in [0.25, 0.3) is 86.2 Å². The summed E-state index contributed by atoms with van der Waals surface area (Å²) in [6.45, 7) is 0. The molecule has 0 radical (unpaired) electrons. The number of nitrogens with zero attached hydrogens (tertiary/aromatic N) is 1. The van der Waals surface area contributed by atoms with Crippen molar-refractivity contribution in [3.05, 3.63) is 224 Å². The second-order valence-electron chi connectivity index (χ2n) is 14.8. The van der Waals surface area contributed by atoms with Crippen molar-refractivity contribution in [3.8, 4) is 44.5 Å². The van der Waals surface area contributed by atoms with Crippen LogP contribution in [0.15, 0.2) is 224 Å². The average Bonchev–Trinajstić information content (AvgIpc) is 3.69. The molecule has 0 saturated heterocycles. The van der Waals surface area contributed by atoms with E-state index in [1.807, 2.05) is 11.3 Å². The number of fused-ring (bicyclic) bond motifs is 6. The van der Waals surface area contributed by atoms with Crippen molar-refractivity contribution < 1.29 is 0 Å². The molecule has 1 heterocycles. The zero-order valence-electron chi connectivity index (χ0n) is 31.7. The van der Waals surface area contributed by atoms with Gasteiger partial charge >= 0.3 is 0 Å². The van der Waals surface area contributed by atoms with Crippen molar-refractivity contribution in [1.82, 2.24) is 0 Å². The molecule has 0 amide bonds. The van der Waals surface area contributed by atoms with Gasteiger partial charge in [0.15, 0.2) is 0 Å². The molecule has 0 aliphatic rings. The maximum Gasteiger partial charge on any atom is 0.0640 e. The van der Waals surface area contributed by atoms with Gasteiger partial charge in [-0.1, -0.05) is 188 Å². The fourth-order valence-corrected chi connectivity index (χ4v) is 10.0. The Kier molecular flexibility index (Phi) is 8.42. The van der Waals surface area contributed by atoms with Gasteiger partial charge in [0.2, 0.25) is 0 Å². The van der Waals surface area contributed by atoms with Crippen molar-refractivity contribution in [2.75, 3.05) is 4.90 Å². The summed E-state index contributed by atoms with van der Waals surface area (Å²) in [7, 11) is 0. The second-order valence-corrected chi connectivity index (χ2v) is 15.9. The highest BCUT2D eigenvalue weighted by atomic mass is 32.1. The molecular weight excluding hydrogens is 719 g/mol. The zero-order chi connectivity index (χ0) is 38.4. The number of hydrogen-bond donors (Lipinski definition) is 0. The molecule has 0 spiro atoms. The van der Waals surface area contributed by atoms with Crippen LogP contribution in [-0.2, 0) is 0 Å². The first-order valence-electron chi connectivity index (χ1n) is 19.8. The van der Waals surface area contributed by atoms with E-state index in [1.165, 1.54) is 86.2 Å². The van der Waals surface area contributed by atoms with E-state index in [4.69, 9.17) is 0 Å². The Balaban J connectivity index is 1.13. The van der Waals surface area contributed by atoms with Crippen LogP contribution in [-0.4, -0.2) is 0 Å². The summed E-state index contributed by atoms with van der Waals surface area (Å²) in [6, 6.07) is 81.9. The lowest BCUT2D eigenvalue weighted by molar-refractivity contribution is 1.30. The Morgan fingerprint density at radius 1 is 0.293 bits per heavy atom. The number of para-hydroxylation sites is 1. The molecule has 0 aliphatic carbocycles. The Morgan fingerprint density at radius 2 is 0.810 bits per heavy atom. The Hall–Kier alpha value is -7.26. The number of benzene rings is 10. The summed E-state index contributed by atoms with van der Waals surface area (Å²) in [5.41, 5.74) is 13.0. The third-order valence-corrected chi connectivity index (χ3v) is 12.7. The molecule has 0 fully saturated rings. The van der Waals surface area contributed by atoms with Crippen molar-refractivity contribution in [2.24, 2.45) is 0 Å². The molecule has 0 unspecified atom stereocenters. The third kappa shape index (κ3) is 5.77. The Bertz CT molecular complexity index is 3290. The van der Waals surface area contributed by atoms with Crippen molar-refractivity contribution in [3.63, 3.8) is 0 Å². The summed E-state index contributed by atoms with van der Waals surface area (Å²) in [5.74, 6) is 0. The molecule has 11 aromatic rings. The number of thiophene rings is 1. The van der Waals surface area contributed by atoms with Gasteiger partial charge in [0.1, 0.15) is 0 Å². The minimum atomic E-state index is 1.11. The first kappa shape index (κ1) is 34.0. The van der Waals surface area contributed by atoms with Gasteiger partial charge in [0, 0.05) is 26.7 Å². The molecule has 0 bridgehead atoms. The quantitative estimate of drug-likeness (QED) is 0.146. The Labute approximate surface area is 342 Å². The number of anilines is 3. The maximum atomic E-state index is 2.48. The van der Waals surface area contributed by atoms with Gasteiger partial charge in [-0.2, -0.15) is 0 Å². The lowest BCUT2D eigenvalue weighted by atomic mass is 9.88. The van der Waals surface area contributed by atoms with Crippen LogP contribution in [0.4, 0.5) is 17.1 Å². The molecule has 0 aliphatic heterocycles. The summed E-state index contributed by atoms with van der Waals surface area (Å²) < 4.78 is 2.56. The monoisotopic (exact) mass is 755 g/mol. The van der Waals surface area contributed by atoms with Gasteiger partial charge in [-0.25, -0.2) is 0 Å². The fraction of sp³-hybridized carbons (Fsp3) is 0. The van der Waals surface area contributed by atoms with Gasteiger partial charge in [-0.15, -0.1) is 11.3 Å². The predicted octanol–water partition coefficient (Wildman–Crippen LogP) is 16.5. The standard InChI is InChI=1S/C56H37NS/c1-2-17-38(18-3-1)42-20-6-7-22-44(42)46-24-9-10-25-47(46)49-27-12-14-30-53(49)57(54-31-16-29-51-50-28-13-15-32-55(50)58-56(51)54)41-35-33-39(34-36-41)52-37-40-19-4-5-21-43(40)45-23-8-11-26-48(45)52/h1-37H. The molecule has 1 aromatic heterocycles. The van der Waals surface area contributed by atoms with Crippen LogP contribution in [0.2, 0.25) is 0 Å². The largest absolute Gasteiger partial charge is 0.308 e. The van der Waals surface area contributed by atoms with E-state index in [0.717, 1.165) is 17.1 Å². The van der Waals surface area contributed by atoms with E-state index in [9.17, 15) is 0 Å². The van der Waals surface area contributed by atoms with Crippen LogP contribution in [0, 0.1) is 0 Å². The molecular formula is C56H37NS. The molecule has 11 rings (SSSR count). The van der Waals surface area contributed by atoms with E-state index < -0.39 is 0 Å². The van der Waals surface area contributed by atoms with Crippen LogP contribution in [0.1, 0.15) is 0 Å². The minimum absolute atomic E-state index is 1.11. The highest BCUT2D eigenvalue weighted by molar-refractivity contribution is 7.26. The van der Waals surface area contributed by atoms with Crippen LogP contribution in [0.3, 0.4) is 0 Å². The highest BCUT2D eigenvalue weighted by Crippen LogP contribution is 2.49. The molecule has 0 atom stereocenters. The number of hydrogen-bond acceptors (Lipinski definition) is 2. The van der Waals surface area contributed by atoms with Crippen LogP contribution in [0.5, 0.6) is 0 Å². The van der Waals surface area contributed by atoms with Gasteiger partial charge in [0.05, 0.1) is 16.1 Å². The third-order valence-electron chi connectivity index (χ3n) is 11.5. The molecule has 58 heavy (non-hydrogen) atoms. The lowest BCUT2D eigenvalue weighted by Gasteiger charge is -2.29. The molecule has 0 N–H and O–H groups in total. The topological polar surface area (TPSA) is 3.24 Å². The summed E-state index contributed by atoms with van der Waals surface area (Å²) in [4.78, 5) is 2.48. The average molecular weight is 756 g/mol. The van der Waals surface area contributed by atoms with Gasteiger partial charge in [-0.3, -0.25) is 0 Å². The van der Waals surface area contributed by atoms with Gasteiger partial charge < -0.3 is 4.90 Å². The first-order chi connectivity index (χ1) is 28.8. The van der Waals surface area contributed by atoms with Crippen molar-refractivity contribution >= 4 is 70.1 Å². The summed E-state index contributed by atoms with van der Waals surface area (Å²) in [6.07, 6.45) is 0. The molecule has 2 heteroatoms. The summed E-state index contributed by atoms with van der Waals surface area (Å²) >= 11 is 1.87. The maximum absolute atomic E-state index is 2.48. The smallest absolute Gasteiger partial charge is 0.0640 e. The SMILES string of the molecule is c1ccc(-c2ccccc2-c2ccccc2-c2ccccc2N(c2ccc(-c3cc4ccccc4c4ccccc34)cc2)c2cccc3c2sc2ccccc23)cc1. The van der Waals surface area contributed by atoms with Gasteiger partial charge in [0.25, 0.3) is 0 Å². The normalized spacial score (nSPS) is 11.4. The predicted molar refractivity (Wildman–Crippen MR) is 251 cm³/mol. The second kappa shape index (κ2) is 14.4. The van der Waals surface area contributed by atoms with Crippen LogP contribution < -0.4 is 4.90 Å². The summed E-state index contributed by atoms with van der Waals surface area (Å²) in [5, 5.41) is 7.64. The van der Waals surface area contributed by atoms with E-state index in [1.54, 1.807) is 0 Å². The van der Waals surface area contributed by atoms with E-state index in [0.29, 0.717) is 0 Å².